The van der Waals surface area contributed by atoms with Crippen molar-refractivity contribution in [1.29, 1.82) is 0 Å². The van der Waals surface area contributed by atoms with E-state index in [1.165, 1.54) is 0 Å². The second-order valence-electron chi connectivity index (χ2n) is 6.71. The molecular weight excluding hydrogens is 316 g/mol. The molecule has 0 radical (unpaired) electrons. The molecule has 2 aromatic rings. The van der Waals surface area contributed by atoms with Gasteiger partial charge in [0.25, 0.3) is 0 Å². The summed E-state index contributed by atoms with van der Waals surface area (Å²) in [6.07, 6.45) is 4.06. The molecule has 0 amide bonds. The predicted molar refractivity (Wildman–Crippen MR) is 97.1 cm³/mol. The quantitative estimate of drug-likeness (QED) is 0.838. The summed E-state index contributed by atoms with van der Waals surface area (Å²) in [6.45, 7) is 6.69. The van der Waals surface area contributed by atoms with Crippen LogP contribution in [0.2, 0.25) is 0 Å². The molecule has 5 heteroatoms. The van der Waals surface area contributed by atoms with Crippen molar-refractivity contribution in [2.75, 3.05) is 26.2 Å². The number of ether oxygens (including phenoxy) is 2. The molecule has 1 N–H and O–H groups in total. The van der Waals surface area contributed by atoms with Crippen LogP contribution in [-0.2, 0) is 0 Å². The maximum atomic E-state index is 10.3. The summed E-state index contributed by atoms with van der Waals surface area (Å²) in [4.78, 5) is 6.29. The van der Waals surface area contributed by atoms with E-state index < -0.39 is 6.10 Å². The fraction of sp³-hybridized carbons (Fsp3) is 0.450. The zero-order valence-electron chi connectivity index (χ0n) is 14.9. The molecule has 1 aromatic heterocycles. The molecule has 2 heterocycles. The highest BCUT2D eigenvalue weighted by atomic mass is 16.5. The Kier molecular flexibility index (Phi) is 5.89. The van der Waals surface area contributed by atoms with Crippen LogP contribution in [0.1, 0.15) is 17.5 Å². The zero-order chi connectivity index (χ0) is 17.6. The highest BCUT2D eigenvalue weighted by Gasteiger charge is 2.25. The van der Waals surface area contributed by atoms with Crippen LogP contribution in [0, 0.1) is 13.8 Å². The van der Waals surface area contributed by atoms with E-state index in [0.717, 1.165) is 42.1 Å². The number of β-amino-alcohol motifs (C(OH)–C–C–N with tert-alkyl or cyclic N) is 1. The van der Waals surface area contributed by atoms with Crippen molar-refractivity contribution < 1.29 is 14.6 Å². The zero-order valence-corrected chi connectivity index (χ0v) is 14.9. The number of aryl methyl sites for hydroxylation is 2. The first-order chi connectivity index (χ1) is 12.1. The number of aromatic nitrogens is 1. The number of aliphatic hydroxyl groups excluding tert-OH is 1. The Labute approximate surface area is 149 Å². The van der Waals surface area contributed by atoms with Gasteiger partial charge in [-0.3, -0.25) is 9.88 Å². The van der Waals surface area contributed by atoms with Gasteiger partial charge in [0.2, 0.25) is 0 Å². The van der Waals surface area contributed by atoms with Gasteiger partial charge in [-0.15, -0.1) is 0 Å². The van der Waals surface area contributed by atoms with Crippen LogP contribution in [0.3, 0.4) is 0 Å². The SMILES string of the molecule is Cc1ccc(C)c(OCC(O)CN2CCC(Oc3cccnc3)C2)c1. The van der Waals surface area contributed by atoms with E-state index in [2.05, 4.69) is 16.0 Å². The minimum Gasteiger partial charge on any atom is -0.491 e. The van der Waals surface area contributed by atoms with Crippen LogP contribution in [-0.4, -0.2) is 53.4 Å². The summed E-state index contributed by atoms with van der Waals surface area (Å²) in [5, 5.41) is 10.3. The number of pyridine rings is 1. The topological polar surface area (TPSA) is 54.8 Å². The predicted octanol–water partition coefficient (Wildman–Crippen LogP) is 2.59. The highest BCUT2D eigenvalue weighted by Crippen LogP contribution is 2.20. The number of rotatable bonds is 7. The van der Waals surface area contributed by atoms with Gasteiger partial charge in [0.15, 0.2) is 0 Å². The van der Waals surface area contributed by atoms with Gasteiger partial charge in [-0.25, -0.2) is 0 Å². The van der Waals surface area contributed by atoms with Crippen molar-refractivity contribution in [3.05, 3.63) is 53.9 Å². The molecule has 1 fully saturated rings. The lowest BCUT2D eigenvalue weighted by atomic mass is 10.1. The molecule has 0 aliphatic carbocycles. The molecule has 134 valence electrons. The van der Waals surface area contributed by atoms with Crippen LogP contribution in [0.4, 0.5) is 0 Å². The van der Waals surface area contributed by atoms with E-state index in [9.17, 15) is 5.11 Å². The number of benzene rings is 1. The van der Waals surface area contributed by atoms with Crippen molar-refractivity contribution in [3.63, 3.8) is 0 Å². The van der Waals surface area contributed by atoms with E-state index in [0.29, 0.717) is 13.2 Å². The molecule has 0 bridgehead atoms. The van der Waals surface area contributed by atoms with Crippen LogP contribution >= 0.6 is 0 Å². The van der Waals surface area contributed by atoms with Gasteiger partial charge in [0, 0.05) is 25.8 Å². The second kappa shape index (κ2) is 8.32. The van der Waals surface area contributed by atoms with Gasteiger partial charge in [-0.2, -0.15) is 0 Å². The Hall–Kier alpha value is -2.11. The minimum absolute atomic E-state index is 0.149. The lowest BCUT2D eigenvalue weighted by Crippen LogP contribution is -2.35. The molecule has 2 unspecified atom stereocenters. The van der Waals surface area contributed by atoms with E-state index >= 15 is 0 Å². The van der Waals surface area contributed by atoms with Crippen LogP contribution in [0.15, 0.2) is 42.7 Å². The average Bonchev–Trinajstić information content (AvgIpc) is 3.03. The maximum Gasteiger partial charge on any atom is 0.138 e. The Morgan fingerprint density at radius 1 is 1.32 bits per heavy atom. The Balaban J connectivity index is 1.43. The van der Waals surface area contributed by atoms with Gasteiger partial charge >= 0.3 is 0 Å². The number of hydrogen-bond acceptors (Lipinski definition) is 5. The molecule has 25 heavy (non-hydrogen) atoms. The number of hydrogen-bond donors (Lipinski definition) is 1. The van der Waals surface area contributed by atoms with Crippen LogP contribution in [0.25, 0.3) is 0 Å². The lowest BCUT2D eigenvalue weighted by Gasteiger charge is -2.21. The second-order valence-corrected chi connectivity index (χ2v) is 6.71. The molecule has 5 nitrogen and oxygen atoms in total. The largest absolute Gasteiger partial charge is 0.491 e. The van der Waals surface area contributed by atoms with Crippen molar-refractivity contribution in [3.8, 4) is 11.5 Å². The van der Waals surface area contributed by atoms with Crippen LogP contribution < -0.4 is 9.47 Å². The summed E-state index contributed by atoms with van der Waals surface area (Å²) in [7, 11) is 0. The van der Waals surface area contributed by atoms with Gasteiger partial charge in [0.05, 0.1) is 6.20 Å². The smallest absolute Gasteiger partial charge is 0.138 e. The molecule has 0 spiro atoms. The fourth-order valence-corrected chi connectivity index (χ4v) is 3.07. The normalized spacial score (nSPS) is 18.9. The minimum atomic E-state index is -0.517. The average molecular weight is 342 g/mol. The van der Waals surface area contributed by atoms with Crippen molar-refractivity contribution >= 4 is 0 Å². The first kappa shape index (κ1) is 17.7. The first-order valence-corrected chi connectivity index (χ1v) is 8.77. The van der Waals surface area contributed by atoms with E-state index in [-0.39, 0.29) is 6.10 Å². The molecule has 2 atom stereocenters. The third kappa shape index (κ3) is 5.18. The summed E-state index contributed by atoms with van der Waals surface area (Å²) < 4.78 is 11.7. The molecule has 3 rings (SSSR count). The molecular formula is C20H26N2O3. The number of likely N-dealkylation sites (tertiary alicyclic amines) is 1. The Morgan fingerprint density at radius 2 is 2.20 bits per heavy atom. The first-order valence-electron chi connectivity index (χ1n) is 8.77. The molecule has 0 saturated carbocycles. The third-order valence-electron chi connectivity index (χ3n) is 4.41. The van der Waals surface area contributed by atoms with Crippen molar-refractivity contribution in [1.82, 2.24) is 9.88 Å². The molecule has 1 aromatic carbocycles. The monoisotopic (exact) mass is 342 g/mol. The van der Waals surface area contributed by atoms with E-state index in [4.69, 9.17) is 9.47 Å². The third-order valence-corrected chi connectivity index (χ3v) is 4.41. The van der Waals surface area contributed by atoms with Crippen molar-refractivity contribution in [2.45, 2.75) is 32.5 Å². The number of nitrogens with zero attached hydrogens (tertiary/aromatic N) is 2. The summed E-state index contributed by atoms with van der Waals surface area (Å²) >= 11 is 0. The van der Waals surface area contributed by atoms with Gasteiger partial charge in [-0.05, 0) is 49.6 Å². The summed E-state index contributed by atoms with van der Waals surface area (Å²) in [6, 6.07) is 9.90. The van der Waals surface area contributed by atoms with E-state index in [1.807, 2.05) is 38.1 Å². The standard InChI is InChI=1S/C20H26N2O3/c1-15-5-6-16(2)20(10-15)24-14-17(23)12-22-9-7-19(13-22)25-18-4-3-8-21-11-18/h3-6,8,10-11,17,19,23H,7,9,12-14H2,1-2H3. The van der Waals surface area contributed by atoms with Gasteiger partial charge < -0.3 is 14.6 Å². The number of aliphatic hydroxyl groups is 1. The molecule has 1 aliphatic rings. The summed E-state index contributed by atoms with van der Waals surface area (Å²) in [5.74, 6) is 1.64. The molecule has 1 saturated heterocycles. The lowest BCUT2D eigenvalue weighted by molar-refractivity contribution is 0.0717. The van der Waals surface area contributed by atoms with Gasteiger partial charge in [0.1, 0.15) is 30.3 Å². The van der Waals surface area contributed by atoms with Gasteiger partial charge in [-0.1, -0.05) is 12.1 Å². The highest BCUT2D eigenvalue weighted by molar-refractivity contribution is 5.35. The van der Waals surface area contributed by atoms with Crippen molar-refractivity contribution in [2.24, 2.45) is 0 Å². The summed E-state index contributed by atoms with van der Waals surface area (Å²) in [5.41, 5.74) is 2.24. The van der Waals surface area contributed by atoms with Crippen LogP contribution in [0.5, 0.6) is 11.5 Å². The Morgan fingerprint density at radius 3 is 3.00 bits per heavy atom. The fourth-order valence-electron chi connectivity index (χ4n) is 3.07. The Bertz CT molecular complexity index is 678. The maximum absolute atomic E-state index is 10.3. The van der Waals surface area contributed by atoms with E-state index in [1.54, 1.807) is 12.4 Å². The molecule has 1 aliphatic heterocycles.